The van der Waals surface area contributed by atoms with E-state index in [2.05, 4.69) is 17.1 Å². The second kappa shape index (κ2) is 8.96. The standard InChI is InChI=1S/C22H28ClN3O3S/c1-6-26-12-11-16-17(13-26)30-19(18(16)20(27)29-22(2,3)4)24-21(28)25(5)15-9-7-14(23)8-10-15/h7-10H,6,11-13H2,1-5H3,(H,24,28). The molecular weight excluding hydrogens is 422 g/mol. The van der Waals surface area contributed by atoms with Gasteiger partial charge in [0.15, 0.2) is 0 Å². The number of benzene rings is 1. The maximum Gasteiger partial charge on any atom is 0.341 e. The van der Waals surface area contributed by atoms with E-state index in [4.69, 9.17) is 16.3 Å². The predicted octanol–water partition coefficient (Wildman–Crippen LogP) is 5.40. The number of ether oxygens (including phenoxy) is 1. The Kier molecular flexibility index (Phi) is 6.75. The highest BCUT2D eigenvalue weighted by Crippen LogP contribution is 2.38. The molecule has 0 saturated carbocycles. The summed E-state index contributed by atoms with van der Waals surface area (Å²) < 4.78 is 5.66. The molecule has 0 aliphatic carbocycles. The Morgan fingerprint density at radius 2 is 1.93 bits per heavy atom. The highest BCUT2D eigenvalue weighted by atomic mass is 35.5. The van der Waals surface area contributed by atoms with Crippen LogP contribution in [0.2, 0.25) is 5.02 Å². The molecule has 0 radical (unpaired) electrons. The number of nitrogens with one attached hydrogen (secondary N) is 1. The lowest BCUT2D eigenvalue weighted by Crippen LogP contribution is -2.32. The average Bonchev–Trinajstić information content (AvgIpc) is 3.03. The molecule has 1 aromatic heterocycles. The molecule has 1 aliphatic rings. The summed E-state index contributed by atoms with van der Waals surface area (Å²) in [6.07, 6.45) is 0.761. The molecule has 2 heterocycles. The van der Waals surface area contributed by atoms with E-state index in [1.807, 2.05) is 20.8 Å². The van der Waals surface area contributed by atoms with Crippen molar-refractivity contribution in [1.82, 2.24) is 4.90 Å². The largest absolute Gasteiger partial charge is 0.456 e. The molecule has 1 N–H and O–H groups in total. The lowest BCUT2D eigenvalue weighted by molar-refractivity contribution is 0.00695. The van der Waals surface area contributed by atoms with Gasteiger partial charge in [0.2, 0.25) is 0 Å². The normalized spacial score (nSPS) is 14.2. The number of urea groups is 1. The average molecular weight is 450 g/mol. The number of anilines is 2. The summed E-state index contributed by atoms with van der Waals surface area (Å²) in [7, 11) is 1.68. The Hall–Kier alpha value is -2.09. The Morgan fingerprint density at radius 1 is 1.27 bits per heavy atom. The van der Waals surface area contributed by atoms with Crippen molar-refractivity contribution in [2.75, 3.05) is 30.4 Å². The molecule has 2 aromatic rings. The summed E-state index contributed by atoms with van der Waals surface area (Å²) in [5, 5.41) is 4.08. The number of hydrogen-bond acceptors (Lipinski definition) is 5. The van der Waals surface area contributed by atoms with E-state index >= 15 is 0 Å². The SMILES string of the molecule is CCN1CCc2c(sc(NC(=O)N(C)c3ccc(Cl)cc3)c2C(=O)OC(C)(C)C)C1. The first-order valence-electron chi connectivity index (χ1n) is 9.99. The van der Waals surface area contributed by atoms with Gasteiger partial charge in [-0.25, -0.2) is 9.59 Å². The molecule has 6 nitrogen and oxygen atoms in total. The number of carbonyl (C=O) groups is 2. The van der Waals surface area contributed by atoms with Crippen molar-refractivity contribution in [3.05, 3.63) is 45.3 Å². The molecule has 0 saturated heterocycles. The third-order valence-electron chi connectivity index (χ3n) is 4.93. The van der Waals surface area contributed by atoms with Crippen LogP contribution in [0.15, 0.2) is 24.3 Å². The van der Waals surface area contributed by atoms with E-state index < -0.39 is 11.6 Å². The van der Waals surface area contributed by atoms with Crippen molar-refractivity contribution in [1.29, 1.82) is 0 Å². The van der Waals surface area contributed by atoms with Gasteiger partial charge in [-0.1, -0.05) is 18.5 Å². The van der Waals surface area contributed by atoms with Crippen molar-refractivity contribution in [3.8, 4) is 0 Å². The molecule has 0 fully saturated rings. The summed E-state index contributed by atoms with van der Waals surface area (Å²) in [6.45, 7) is 10.2. The van der Waals surface area contributed by atoms with Crippen molar-refractivity contribution >= 4 is 45.6 Å². The second-order valence-electron chi connectivity index (χ2n) is 8.29. The van der Waals surface area contributed by atoms with Crippen LogP contribution in [-0.2, 0) is 17.7 Å². The molecule has 2 amide bonds. The van der Waals surface area contributed by atoms with Crippen molar-refractivity contribution in [3.63, 3.8) is 0 Å². The van der Waals surface area contributed by atoms with E-state index in [0.29, 0.717) is 21.3 Å². The first kappa shape index (κ1) is 22.6. The monoisotopic (exact) mass is 449 g/mol. The molecule has 0 atom stereocenters. The van der Waals surface area contributed by atoms with E-state index in [9.17, 15) is 9.59 Å². The van der Waals surface area contributed by atoms with Crippen LogP contribution in [0.5, 0.6) is 0 Å². The fourth-order valence-electron chi connectivity index (χ4n) is 3.32. The maximum atomic E-state index is 13.0. The topological polar surface area (TPSA) is 61.9 Å². The smallest absolute Gasteiger partial charge is 0.341 e. The minimum Gasteiger partial charge on any atom is -0.456 e. The van der Waals surface area contributed by atoms with Gasteiger partial charge in [0, 0.05) is 35.7 Å². The molecule has 30 heavy (non-hydrogen) atoms. The number of halogens is 1. The number of nitrogens with zero attached hydrogens (tertiary/aromatic N) is 2. The number of esters is 1. The molecule has 1 aromatic carbocycles. The minimum absolute atomic E-state index is 0.326. The number of thiophene rings is 1. The van der Waals surface area contributed by atoms with Gasteiger partial charge in [-0.15, -0.1) is 11.3 Å². The van der Waals surface area contributed by atoms with Crippen molar-refractivity contribution in [2.45, 2.75) is 46.3 Å². The summed E-state index contributed by atoms with van der Waals surface area (Å²) in [5.74, 6) is -0.394. The number of hydrogen-bond donors (Lipinski definition) is 1. The summed E-state index contributed by atoms with van der Waals surface area (Å²) in [4.78, 5) is 30.9. The molecular formula is C22H28ClN3O3S. The van der Waals surface area contributed by atoms with Gasteiger partial charge >= 0.3 is 12.0 Å². The van der Waals surface area contributed by atoms with Crippen LogP contribution in [0.1, 0.15) is 48.5 Å². The molecule has 0 bridgehead atoms. The van der Waals surface area contributed by atoms with Crippen molar-refractivity contribution in [2.24, 2.45) is 0 Å². The van der Waals surface area contributed by atoms with Gasteiger partial charge in [-0.3, -0.25) is 15.1 Å². The number of amides is 2. The van der Waals surface area contributed by atoms with Gasteiger partial charge in [0.1, 0.15) is 10.6 Å². The molecule has 8 heteroatoms. The highest BCUT2D eigenvalue weighted by molar-refractivity contribution is 7.17. The molecule has 0 unspecified atom stereocenters. The first-order chi connectivity index (χ1) is 14.1. The first-order valence-corrected chi connectivity index (χ1v) is 11.2. The van der Waals surface area contributed by atoms with Gasteiger partial charge in [0.05, 0.1) is 5.56 Å². The zero-order chi connectivity index (χ0) is 22.1. The van der Waals surface area contributed by atoms with Crippen molar-refractivity contribution < 1.29 is 14.3 Å². The Labute approximate surface area is 186 Å². The van der Waals surface area contributed by atoms with Gasteiger partial charge < -0.3 is 4.74 Å². The third-order valence-corrected chi connectivity index (χ3v) is 6.31. The summed E-state index contributed by atoms with van der Waals surface area (Å²) in [6, 6.07) is 6.68. The van der Waals surface area contributed by atoms with Crippen LogP contribution in [-0.4, -0.2) is 42.6 Å². The summed E-state index contributed by atoms with van der Waals surface area (Å²) in [5.41, 5.74) is 1.56. The van der Waals surface area contributed by atoms with Crippen LogP contribution in [0.25, 0.3) is 0 Å². The van der Waals surface area contributed by atoms with Gasteiger partial charge in [-0.2, -0.15) is 0 Å². The van der Waals surface area contributed by atoms with Crippen LogP contribution >= 0.6 is 22.9 Å². The number of fused-ring (bicyclic) bond motifs is 1. The minimum atomic E-state index is -0.614. The Morgan fingerprint density at radius 3 is 2.53 bits per heavy atom. The van der Waals surface area contributed by atoms with Crippen LogP contribution < -0.4 is 10.2 Å². The van der Waals surface area contributed by atoms with Gasteiger partial charge in [0.25, 0.3) is 0 Å². The molecule has 0 spiro atoms. The van der Waals surface area contributed by atoms with Crippen LogP contribution in [0, 0.1) is 0 Å². The summed E-state index contributed by atoms with van der Waals surface area (Å²) >= 11 is 7.40. The van der Waals surface area contributed by atoms with E-state index in [-0.39, 0.29) is 6.03 Å². The molecule has 3 rings (SSSR count). The van der Waals surface area contributed by atoms with E-state index in [1.165, 1.54) is 16.2 Å². The third kappa shape index (κ3) is 5.14. The lowest BCUT2D eigenvalue weighted by atomic mass is 10.0. The fraction of sp³-hybridized carbons (Fsp3) is 0.455. The van der Waals surface area contributed by atoms with Crippen LogP contribution in [0.4, 0.5) is 15.5 Å². The maximum absolute atomic E-state index is 13.0. The van der Waals surface area contributed by atoms with E-state index in [1.54, 1.807) is 31.3 Å². The zero-order valence-electron chi connectivity index (χ0n) is 18.0. The number of rotatable bonds is 4. The Bertz CT molecular complexity index is 934. The lowest BCUT2D eigenvalue weighted by Gasteiger charge is -2.26. The number of carbonyl (C=O) groups excluding carboxylic acids is 2. The van der Waals surface area contributed by atoms with Gasteiger partial charge in [-0.05, 0) is 63.6 Å². The zero-order valence-corrected chi connectivity index (χ0v) is 19.6. The van der Waals surface area contributed by atoms with Crippen LogP contribution in [0.3, 0.4) is 0 Å². The highest BCUT2D eigenvalue weighted by Gasteiger charge is 2.31. The molecule has 162 valence electrons. The fourth-order valence-corrected chi connectivity index (χ4v) is 4.72. The Balaban J connectivity index is 1.90. The van der Waals surface area contributed by atoms with E-state index in [0.717, 1.165) is 36.5 Å². The quantitative estimate of drug-likeness (QED) is 0.634. The number of likely N-dealkylation sites (N-methyl/N-ethyl adjacent to an activating group) is 1. The molecule has 1 aliphatic heterocycles. The predicted molar refractivity (Wildman–Crippen MR) is 123 cm³/mol. The second-order valence-corrected chi connectivity index (χ2v) is 9.84.